The smallest absolute Gasteiger partial charge is 0.326 e. The summed E-state index contributed by atoms with van der Waals surface area (Å²) in [6, 6.07) is 4.99. The van der Waals surface area contributed by atoms with Gasteiger partial charge < -0.3 is 32.1 Å². The number of hydrogen-bond acceptors (Lipinski definition) is 7. The van der Waals surface area contributed by atoms with Crippen LogP contribution >= 0.6 is 12.6 Å². The van der Waals surface area contributed by atoms with Crippen LogP contribution in [0.4, 0.5) is 0 Å². The molecule has 0 saturated carbocycles. The molecule has 2 rings (SSSR count). The summed E-state index contributed by atoms with van der Waals surface area (Å²) in [5.41, 5.74) is 5.82. The fourth-order valence-electron chi connectivity index (χ4n) is 3.52. The van der Waals surface area contributed by atoms with Gasteiger partial charge in [0.15, 0.2) is 0 Å². The largest absolute Gasteiger partial charge is 0.480 e. The van der Waals surface area contributed by atoms with E-state index in [0.29, 0.717) is 6.42 Å². The van der Waals surface area contributed by atoms with Crippen LogP contribution in [0.15, 0.2) is 30.3 Å². The first kappa shape index (κ1) is 27.1. The maximum absolute atomic E-state index is 13.0. The van der Waals surface area contributed by atoms with Crippen LogP contribution in [0, 0.1) is 0 Å². The molecule has 12 heteroatoms. The molecule has 186 valence electrons. The van der Waals surface area contributed by atoms with Crippen molar-refractivity contribution in [3.63, 3.8) is 0 Å². The summed E-state index contributed by atoms with van der Waals surface area (Å²) >= 11 is 4.16. The van der Waals surface area contributed by atoms with Gasteiger partial charge in [0, 0.05) is 18.6 Å². The lowest BCUT2D eigenvalue weighted by Gasteiger charge is -2.24. The maximum atomic E-state index is 13.0. The van der Waals surface area contributed by atoms with E-state index in [0.717, 1.165) is 18.5 Å². The summed E-state index contributed by atoms with van der Waals surface area (Å²) < 4.78 is 0. The molecule has 4 unspecified atom stereocenters. The molecule has 0 aliphatic carbocycles. The normalized spacial score (nSPS) is 17.7. The van der Waals surface area contributed by atoms with Crippen LogP contribution in [0.2, 0.25) is 0 Å². The van der Waals surface area contributed by atoms with Gasteiger partial charge in [0.2, 0.25) is 23.6 Å². The van der Waals surface area contributed by atoms with Gasteiger partial charge >= 0.3 is 5.97 Å². The Bertz CT molecular complexity index is 878. The van der Waals surface area contributed by atoms with Gasteiger partial charge in [-0.3, -0.25) is 19.2 Å². The molecule has 11 nitrogen and oxygen atoms in total. The minimum atomic E-state index is -1.36. The molecule has 0 spiro atoms. The van der Waals surface area contributed by atoms with Crippen molar-refractivity contribution in [2.24, 2.45) is 5.73 Å². The number of nitrogens with two attached hydrogens (primary N) is 1. The monoisotopic (exact) mass is 493 g/mol. The minimum Gasteiger partial charge on any atom is -0.480 e. The van der Waals surface area contributed by atoms with Gasteiger partial charge in [-0.25, -0.2) is 4.79 Å². The SMILES string of the molecule is NC(=O)CCC(NC(=O)C(Cc1ccccc1)NC(=O)C(CS)NC(=O)C1CCCN1)C(=O)O. The van der Waals surface area contributed by atoms with Crippen LogP contribution in [-0.4, -0.2) is 71.2 Å². The molecular formula is C22H31N5O6S. The number of primary amides is 1. The van der Waals surface area contributed by atoms with Gasteiger partial charge in [-0.05, 0) is 31.4 Å². The van der Waals surface area contributed by atoms with E-state index < -0.39 is 41.8 Å². The molecule has 1 aliphatic rings. The van der Waals surface area contributed by atoms with Gasteiger partial charge in [-0.1, -0.05) is 30.3 Å². The Kier molecular flexibility index (Phi) is 10.8. The Balaban J connectivity index is 2.12. The van der Waals surface area contributed by atoms with Crippen LogP contribution in [0.5, 0.6) is 0 Å². The fraction of sp³-hybridized carbons (Fsp3) is 0.500. The lowest BCUT2D eigenvalue weighted by Crippen LogP contribution is -2.58. The second kappa shape index (κ2) is 13.6. The molecule has 1 heterocycles. The van der Waals surface area contributed by atoms with Gasteiger partial charge in [-0.2, -0.15) is 12.6 Å². The number of benzene rings is 1. The van der Waals surface area contributed by atoms with E-state index >= 15 is 0 Å². The van der Waals surface area contributed by atoms with E-state index in [4.69, 9.17) is 5.73 Å². The fourth-order valence-corrected chi connectivity index (χ4v) is 3.78. The Morgan fingerprint density at radius 3 is 2.24 bits per heavy atom. The third-order valence-corrected chi connectivity index (χ3v) is 5.77. The Hall–Kier alpha value is -3.12. The van der Waals surface area contributed by atoms with Gasteiger partial charge in [-0.15, -0.1) is 0 Å². The van der Waals surface area contributed by atoms with Crippen LogP contribution in [0.1, 0.15) is 31.2 Å². The number of carboxylic acids is 1. The molecular weight excluding hydrogens is 462 g/mol. The molecule has 1 aromatic rings. The highest BCUT2D eigenvalue weighted by Gasteiger charge is 2.31. The van der Waals surface area contributed by atoms with E-state index in [1.807, 2.05) is 0 Å². The third-order valence-electron chi connectivity index (χ3n) is 5.40. The summed E-state index contributed by atoms with van der Waals surface area (Å²) in [5, 5.41) is 20.1. The van der Waals surface area contributed by atoms with Crippen LogP contribution < -0.4 is 27.0 Å². The van der Waals surface area contributed by atoms with Gasteiger partial charge in [0.05, 0.1) is 6.04 Å². The summed E-state index contributed by atoms with van der Waals surface area (Å²) in [6.45, 7) is 0.718. The number of hydrogen-bond donors (Lipinski definition) is 7. The first-order chi connectivity index (χ1) is 16.2. The van der Waals surface area contributed by atoms with E-state index in [9.17, 15) is 29.1 Å². The maximum Gasteiger partial charge on any atom is 0.326 e. The second-order valence-corrected chi connectivity index (χ2v) is 8.41. The predicted molar refractivity (Wildman–Crippen MR) is 127 cm³/mol. The highest BCUT2D eigenvalue weighted by Crippen LogP contribution is 2.08. The molecule has 4 atom stereocenters. The number of carbonyl (C=O) groups excluding carboxylic acids is 4. The number of amides is 4. The predicted octanol–water partition coefficient (Wildman–Crippen LogP) is -1.28. The standard InChI is InChI=1S/C22H31N5O6S/c23-18(28)9-8-15(22(32)33)25-20(30)16(11-13-5-2-1-3-6-13)26-21(31)17(12-34)27-19(29)14-7-4-10-24-14/h1-3,5-6,14-17,24,34H,4,7-12H2,(H2,23,28)(H,25,30)(H,26,31)(H,27,29)(H,32,33). The average molecular weight is 494 g/mol. The van der Waals surface area contributed by atoms with Crippen LogP contribution in [0.25, 0.3) is 0 Å². The van der Waals surface area contributed by atoms with Crippen molar-refractivity contribution in [2.75, 3.05) is 12.3 Å². The average Bonchev–Trinajstić information content (AvgIpc) is 3.35. The Morgan fingerprint density at radius 1 is 1.03 bits per heavy atom. The van der Waals surface area contributed by atoms with Crippen molar-refractivity contribution in [3.05, 3.63) is 35.9 Å². The first-order valence-electron chi connectivity index (χ1n) is 11.0. The van der Waals surface area contributed by atoms with Crippen molar-refractivity contribution in [2.45, 2.75) is 56.3 Å². The first-order valence-corrected chi connectivity index (χ1v) is 11.6. The van der Waals surface area contributed by atoms with Gasteiger partial charge in [0.1, 0.15) is 18.1 Å². The molecule has 4 amide bonds. The number of carbonyl (C=O) groups is 5. The number of aliphatic carboxylic acids is 1. The molecule has 0 bridgehead atoms. The number of carboxylic acid groups (broad SMARTS) is 1. The summed E-state index contributed by atoms with van der Waals surface area (Å²) in [4.78, 5) is 60.9. The molecule has 1 aromatic carbocycles. The number of rotatable bonds is 13. The van der Waals surface area contributed by atoms with Crippen molar-refractivity contribution in [1.82, 2.24) is 21.3 Å². The van der Waals surface area contributed by atoms with E-state index in [1.54, 1.807) is 30.3 Å². The van der Waals surface area contributed by atoms with E-state index in [-0.39, 0.29) is 37.0 Å². The van der Waals surface area contributed by atoms with Crippen LogP contribution in [0.3, 0.4) is 0 Å². The molecule has 34 heavy (non-hydrogen) atoms. The Labute approximate surface area is 203 Å². The van der Waals surface area contributed by atoms with E-state index in [2.05, 4.69) is 33.9 Å². The Morgan fingerprint density at radius 2 is 1.68 bits per heavy atom. The highest BCUT2D eigenvalue weighted by molar-refractivity contribution is 7.80. The summed E-state index contributed by atoms with van der Waals surface area (Å²) in [5.74, 6) is -3.71. The van der Waals surface area contributed by atoms with Crippen molar-refractivity contribution < 1.29 is 29.1 Å². The quantitative estimate of drug-likeness (QED) is 0.167. The van der Waals surface area contributed by atoms with Crippen molar-refractivity contribution in [3.8, 4) is 0 Å². The molecule has 1 aliphatic heterocycles. The molecule has 0 aromatic heterocycles. The zero-order chi connectivity index (χ0) is 25.1. The van der Waals surface area contributed by atoms with Crippen LogP contribution in [-0.2, 0) is 30.4 Å². The highest BCUT2D eigenvalue weighted by atomic mass is 32.1. The van der Waals surface area contributed by atoms with Gasteiger partial charge in [0.25, 0.3) is 0 Å². The van der Waals surface area contributed by atoms with E-state index in [1.165, 1.54) is 0 Å². The second-order valence-electron chi connectivity index (χ2n) is 8.05. The van der Waals surface area contributed by atoms with Crippen molar-refractivity contribution in [1.29, 1.82) is 0 Å². The number of nitrogens with one attached hydrogen (secondary N) is 4. The third kappa shape index (κ3) is 8.67. The topological polar surface area (TPSA) is 180 Å². The summed E-state index contributed by atoms with van der Waals surface area (Å²) in [6.07, 6.45) is 1.18. The lowest BCUT2D eigenvalue weighted by atomic mass is 10.0. The molecule has 1 fully saturated rings. The molecule has 7 N–H and O–H groups in total. The summed E-state index contributed by atoms with van der Waals surface area (Å²) in [7, 11) is 0. The number of thiol groups is 1. The molecule has 1 saturated heterocycles. The molecule has 0 radical (unpaired) electrons. The minimum absolute atomic E-state index is 0.000329. The zero-order valence-electron chi connectivity index (χ0n) is 18.7. The van der Waals surface area contributed by atoms with Crippen molar-refractivity contribution >= 4 is 42.2 Å². The lowest BCUT2D eigenvalue weighted by molar-refractivity contribution is -0.142. The zero-order valence-corrected chi connectivity index (χ0v) is 19.6.